The topological polar surface area (TPSA) is 55.1 Å². The number of carboxylic acid groups (broad SMARTS) is 1. The van der Waals surface area contributed by atoms with E-state index in [2.05, 4.69) is 35.7 Å². The molecule has 1 heterocycles. The lowest BCUT2D eigenvalue weighted by atomic mass is 10.2. The van der Waals surface area contributed by atoms with Crippen LogP contribution in [0, 0.1) is 6.92 Å². The molecule has 1 N–H and O–H groups in total. The Morgan fingerprint density at radius 1 is 1.48 bits per heavy atom. The van der Waals surface area contributed by atoms with Crippen LogP contribution >= 0.6 is 23.5 Å². The predicted molar refractivity (Wildman–Crippen MR) is 90.4 cm³/mol. The summed E-state index contributed by atoms with van der Waals surface area (Å²) < 4.78 is 2.16. The standard InChI is InChI=1S/C15H20N2O2S2/c1-10-4-5-12-13(8-10)17(7-6-11(2)20-3)15(16-12)21-9-14(18)19/h4-5,8,11H,6-7,9H2,1-3H3,(H,18,19). The van der Waals surface area contributed by atoms with Crippen LogP contribution < -0.4 is 0 Å². The molecular formula is C15H20N2O2S2. The molecule has 2 aromatic rings. The fraction of sp³-hybridized carbons (Fsp3) is 0.467. The Morgan fingerprint density at radius 3 is 2.90 bits per heavy atom. The van der Waals surface area contributed by atoms with E-state index in [4.69, 9.17) is 5.11 Å². The molecule has 21 heavy (non-hydrogen) atoms. The molecule has 0 aliphatic rings. The summed E-state index contributed by atoms with van der Waals surface area (Å²) >= 11 is 3.14. The lowest BCUT2D eigenvalue weighted by Crippen LogP contribution is -2.07. The number of thioether (sulfide) groups is 2. The number of carbonyl (C=O) groups is 1. The van der Waals surface area contributed by atoms with Gasteiger partial charge in [-0.1, -0.05) is 24.8 Å². The summed E-state index contributed by atoms with van der Waals surface area (Å²) in [7, 11) is 0. The number of aryl methyl sites for hydroxylation is 2. The van der Waals surface area contributed by atoms with Crippen LogP contribution in [0.25, 0.3) is 11.0 Å². The molecule has 1 aromatic heterocycles. The van der Waals surface area contributed by atoms with Crippen molar-refractivity contribution >= 4 is 40.5 Å². The number of nitrogens with zero attached hydrogens (tertiary/aromatic N) is 2. The molecule has 0 bridgehead atoms. The van der Waals surface area contributed by atoms with E-state index in [1.165, 1.54) is 17.3 Å². The monoisotopic (exact) mass is 324 g/mol. The van der Waals surface area contributed by atoms with E-state index >= 15 is 0 Å². The molecular weight excluding hydrogens is 304 g/mol. The molecule has 6 heteroatoms. The highest BCUT2D eigenvalue weighted by molar-refractivity contribution is 7.99. The minimum absolute atomic E-state index is 0.0420. The molecule has 1 atom stereocenters. The van der Waals surface area contributed by atoms with Gasteiger partial charge in [-0.15, -0.1) is 0 Å². The second-order valence-electron chi connectivity index (χ2n) is 5.06. The van der Waals surface area contributed by atoms with E-state index in [1.807, 2.05) is 23.9 Å². The molecule has 1 aromatic carbocycles. The zero-order chi connectivity index (χ0) is 15.4. The van der Waals surface area contributed by atoms with Crippen molar-refractivity contribution in [3.05, 3.63) is 23.8 Å². The van der Waals surface area contributed by atoms with E-state index < -0.39 is 5.97 Å². The molecule has 0 aliphatic heterocycles. The maximum Gasteiger partial charge on any atom is 0.313 e. The smallest absolute Gasteiger partial charge is 0.313 e. The van der Waals surface area contributed by atoms with Gasteiger partial charge in [0.2, 0.25) is 0 Å². The number of rotatable bonds is 7. The van der Waals surface area contributed by atoms with Crippen LogP contribution in [0.4, 0.5) is 0 Å². The Morgan fingerprint density at radius 2 is 2.24 bits per heavy atom. The van der Waals surface area contributed by atoms with Gasteiger partial charge in [-0.3, -0.25) is 4.79 Å². The van der Waals surface area contributed by atoms with Crippen LogP contribution in [-0.4, -0.2) is 37.9 Å². The van der Waals surface area contributed by atoms with Crippen LogP contribution in [0.2, 0.25) is 0 Å². The predicted octanol–water partition coefficient (Wildman–Crippen LogP) is 3.66. The van der Waals surface area contributed by atoms with Gasteiger partial charge in [-0.2, -0.15) is 11.8 Å². The number of aromatic nitrogens is 2. The van der Waals surface area contributed by atoms with E-state index in [0.29, 0.717) is 5.25 Å². The average molecular weight is 324 g/mol. The normalized spacial score (nSPS) is 12.7. The fourth-order valence-electron chi connectivity index (χ4n) is 2.09. The Bertz CT molecular complexity index is 640. The van der Waals surface area contributed by atoms with Crippen molar-refractivity contribution in [2.75, 3.05) is 12.0 Å². The van der Waals surface area contributed by atoms with Gasteiger partial charge in [0.1, 0.15) is 0 Å². The van der Waals surface area contributed by atoms with Gasteiger partial charge in [0.15, 0.2) is 5.16 Å². The molecule has 4 nitrogen and oxygen atoms in total. The van der Waals surface area contributed by atoms with Gasteiger partial charge < -0.3 is 9.67 Å². The summed E-state index contributed by atoms with van der Waals surface area (Å²) in [6.07, 6.45) is 3.15. The average Bonchev–Trinajstić information content (AvgIpc) is 2.79. The summed E-state index contributed by atoms with van der Waals surface area (Å²) in [6.45, 7) is 5.13. The summed E-state index contributed by atoms with van der Waals surface area (Å²) in [5, 5.41) is 10.3. The van der Waals surface area contributed by atoms with Gasteiger partial charge in [-0.25, -0.2) is 4.98 Å². The fourth-order valence-corrected chi connectivity index (χ4v) is 3.19. The maximum absolute atomic E-state index is 10.8. The minimum Gasteiger partial charge on any atom is -0.481 e. The first-order valence-corrected chi connectivity index (χ1v) is 9.13. The number of hydrogen-bond acceptors (Lipinski definition) is 4. The van der Waals surface area contributed by atoms with Gasteiger partial charge in [0.05, 0.1) is 16.8 Å². The highest BCUT2D eigenvalue weighted by Crippen LogP contribution is 2.26. The number of benzene rings is 1. The van der Waals surface area contributed by atoms with Crippen molar-refractivity contribution in [2.24, 2.45) is 0 Å². The largest absolute Gasteiger partial charge is 0.481 e. The van der Waals surface area contributed by atoms with E-state index in [-0.39, 0.29) is 5.75 Å². The Hall–Kier alpha value is -1.14. The van der Waals surface area contributed by atoms with Crippen LogP contribution in [0.3, 0.4) is 0 Å². The van der Waals surface area contributed by atoms with Crippen LogP contribution in [0.1, 0.15) is 18.9 Å². The van der Waals surface area contributed by atoms with Gasteiger partial charge in [0.25, 0.3) is 0 Å². The lowest BCUT2D eigenvalue weighted by Gasteiger charge is -2.12. The summed E-state index contributed by atoms with van der Waals surface area (Å²) in [5.41, 5.74) is 3.22. The van der Waals surface area contributed by atoms with Crippen molar-refractivity contribution in [1.29, 1.82) is 0 Å². The number of carboxylic acids is 1. The quantitative estimate of drug-likeness (QED) is 0.788. The molecule has 1 unspecified atom stereocenters. The van der Waals surface area contributed by atoms with E-state index in [9.17, 15) is 4.79 Å². The van der Waals surface area contributed by atoms with Crippen LogP contribution in [0.5, 0.6) is 0 Å². The maximum atomic E-state index is 10.8. The third-order valence-electron chi connectivity index (χ3n) is 3.36. The minimum atomic E-state index is -0.813. The number of aliphatic carboxylic acids is 1. The number of fused-ring (bicyclic) bond motifs is 1. The first-order chi connectivity index (χ1) is 10.0. The zero-order valence-electron chi connectivity index (χ0n) is 12.5. The zero-order valence-corrected chi connectivity index (χ0v) is 14.1. The summed E-state index contributed by atoms with van der Waals surface area (Å²) in [5.74, 6) is -0.771. The van der Waals surface area contributed by atoms with Crippen molar-refractivity contribution in [3.63, 3.8) is 0 Å². The van der Waals surface area contributed by atoms with Crippen molar-refractivity contribution < 1.29 is 9.90 Å². The molecule has 0 saturated heterocycles. The number of imidazole rings is 1. The molecule has 0 radical (unpaired) electrons. The molecule has 0 aliphatic carbocycles. The highest BCUT2D eigenvalue weighted by Gasteiger charge is 2.13. The number of hydrogen-bond donors (Lipinski definition) is 1. The Kier molecular flexibility index (Phi) is 5.58. The van der Waals surface area contributed by atoms with E-state index in [1.54, 1.807) is 0 Å². The second kappa shape index (κ2) is 7.22. The molecule has 0 amide bonds. The van der Waals surface area contributed by atoms with Gasteiger partial charge in [0, 0.05) is 11.8 Å². The molecule has 2 rings (SSSR count). The van der Waals surface area contributed by atoms with Gasteiger partial charge in [-0.05, 0) is 37.3 Å². The molecule has 0 fully saturated rings. The summed E-state index contributed by atoms with van der Waals surface area (Å²) in [6, 6.07) is 6.16. The summed E-state index contributed by atoms with van der Waals surface area (Å²) in [4.78, 5) is 15.4. The molecule has 114 valence electrons. The van der Waals surface area contributed by atoms with Gasteiger partial charge >= 0.3 is 5.97 Å². The van der Waals surface area contributed by atoms with E-state index in [0.717, 1.165) is 29.2 Å². The third kappa shape index (κ3) is 4.17. The van der Waals surface area contributed by atoms with Crippen LogP contribution in [-0.2, 0) is 11.3 Å². The lowest BCUT2D eigenvalue weighted by molar-refractivity contribution is -0.133. The third-order valence-corrected chi connectivity index (χ3v) is 5.36. The first-order valence-electron chi connectivity index (χ1n) is 6.85. The molecule has 0 saturated carbocycles. The Labute approximate surface area is 133 Å². The van der Waals surface area contributed by atoms with Crippen molar-refractivity contribution in [2.45, 2.75) is 37.2 Å². The van der Waals surface area contributed by atoms with Crippen LogP contribution in [0.15, 0.2) is 23.4 Å². The first kappa shape index (κ1) is 16.2. The second-order valence-corrected chi connectivity index (χ2v) is 7.27. The van der Waals surface area contributed by atoms with Crippen molar-refractivity contribution in [1.82, 2.24) is 9.55 Å². The Balaban J connectivity index is 2.33. The molecule has 0 spiro atoms. The SMILES string of the molecule is CSC(C)CCn1c(SCC(=O)O)nc2ccc(C)cc21. The van der Waals surface area contributed by atoms with Crippen molar-refractivity contribution in [3.8, 4) is 0 Å². The highest BCUT2D eigenvalue weighted by atomic mass is 32.2.